The number of amides is 1. The molecule has 0 radical (unpaired) electrons. The Bertz CT molecular complexity index is 445. The van der Waals surface area contributed by atoms with Crippen molar-refractivity contribution in [3.63, 3.8) is 0 Å². The molecule has 1 rings (SSSR count). The second-order valence-corrected chi connectivity index (χ2v) is 5.69. The Balaban J connectivity index is 0. The fourth-order valence-corrected chi connectivity index (χ4v) is 1.40. The Kier molecular flexibility index (Phi) is 16.2. The molecule has 0 aliphatic carbocycles. The maximum Gasteiger partial charge on any atom is 0.408 e. The average Bonchev–Trinajstić information content (AvgIpc) is 2.43. The average molecular weight is 478 g/mol. The van der Waals surface area contributed by atoms with Crippen molar-refractivity contribution < 1.29 is 34.2 Å². The number of carbonyl (C=O) groups excluding carboxylic acids is 1. The van der Waals surface area contributed by atoms with E-state index in [-0.39, 0.29) is 29.7 Å². The van der Waals surface area contributed by atoms with Gasteiger partial charge in [0.2, 0.25) is 0 Å². The molecular formula is C13H21IN2O3SZn. The van der Waals surface area contributed by atoms with Crippen molar-refractivity contribution in [3.05, 3.63) is 29.0 Å². The molecule has 8 heteroatoms. The van der Waals surface area contributed by atoms with E-state index in [4.69, 9.17) is 9.94 Å². The predicted octanol–water partition coefficient (Wildman–Crippen LogP) is 4.14. The van der Waals surface area contributed by atoms with Crippen LogP contribution in [0.25, 0.3) is 0 Å². The summed E-state index contributed by atoms with van der Waals surface area (Å²) in [5.74, 6) is 0. The molecule has 0 fully saturated rings. The molecule has 0 aliphatic rings. The van der Waals surface area contributed by atoms with Gasteiger partial charge in [-0.1, -0.05) is 38.6 Å². The number of pyridine rings is 1. The number of alkyl carbamates (subject to hydrolysis) is 1. The van der Waals surface area contributed by atoms with Gasteiger partial charge in [-0.2, -0.15) is 4.73 Å². The number of hydrogen-bond donors (Lipinski definition) is 2. The van der Waals surface area contributed by atoms with E-state index in [0.717, 1.165) is 24.0 Å². The van der Waals surface area contributed by atoms with E-state index < -0.39 is 0 Å². The van der Waals surface area contributed by atoms with Gasteiger partial charge in [-0.15, -0.1) is 0 Å². The van der Waals surface area contributed by atoms with Crippen LogP contribution < -0.4 is 5.32 Å². The molecule has 2 N–H and O–H groups in total. The number of alkyl halides is 1. The molecule has 0 aromatic carbocycles. The molecular weight excluding hydrogens is 457 g/mol. The van der Waals surface area contributed by atoms with Gasteiger partial charge in [0.1, 0.15) is 4.64 Å². The summed E-state index contributed by atoms with van der Waals surface area (Å²) in [6.45, 7) is 4.78. The number of nitrogens with zero attached hydrogens (tertiary/aromatic N) is 1. The molecule has 5 nitrogen and oxygen atoms in total. The second kappa shape index (κ2) is 14.7. The van der Waals surface area contributed by atoms with Crippen LogP contribution in [0.15, 0.2) is 24.4 Å². The van der Waals surface area contributed by atoms with Crippen molar-refractivity contribution in [2.24, 2.45) is 0 Å². The van der Waals surface area contributed by atoms with Gasteiger partial charge in [0, 0.05) is 32.2 Å². The molecule has 1 amide bonds. The molecule has 1 unspecified atom stereocenters. The van der Waals surface area contributed by atoms with Crippen LogP contribution in [0.5, 0.6) is 0 Å². The van der Waals surface area contributed by atoms with E-state index in [2.05, 4.69) is 47.0 Å². The summed E-state index contributed by atoms with van der Waals surface area (Å²) in [5, 5.41) is 11.4. The van der Waals surface area contributed by atoms with Crippen molar-refractivity contribution in [2.45, 2.75) is 37.2 Å². The Morgan fingerprint density at radius 3 is 2.62 bits per heavy atom. The Morgan fingerprint density at radius 2 is 2.19 bits per heavy atom. The van der Waals surface area contributed by atoms with Crippen LogP contribution in [0.2, 0.25) is 0 Å². The fraction of sp³-hybridized carbons (Fsp3) is 0.538. The SMILES string of the molecule is CCCCNC(=O)OC(I)CC.On1ccccc1=S.[Zn]. The summed E-state index contributed by atoms with van der Waals surface area (Å²) in [4.78, 5) is 10.9. The minimum absolute atomic E-state index is 0. The summed E-state index contributed by atoms with van der Waals surface area (Å²) >= 11 is 6.76. The van der Waals surface area contributed by atoms with Crippen molar-refractivity contribution in [1.82, 2.24) is 10.0 Å². The minimum atomic E-state index is -0.301. The number of aromatic nitrogens is 1. The molecule has 0 saturated carbocycles. The van der Waals surface area contributed by atoms with Gasteiger partial charge in [0.05, 0.1) is 0 Å². The summed E-state index contributed by atoms with van der Waals surface area (Å²) in [7, 11) is 0. The van der Waals surface area contributed by atoms with E-state index in [0.29, 0.717) is 11.2 Å². The van der Waals surface area contributed by atoms with Gasteiger partial charge in [0.25, 0.3) is 0 Å². The molecule has 1 atom stereocenters. The first kappa shape index (κ1) is 23.1. The van der Waals surface area contributed by atoms with Crippen molar-refractivity contribution in [1.29, 1.82) is 0 Å². The molecule has 1 aromatic rings. The topological polar surface area (TPSA) is 63.5 Å². The zero-order valence-corrected chi connectivity index (χ0v) is 18.4. The first-order valence-electron chi connectivity index (χ1n) is 6.46. The van der Waals surface area contributed by atoms with E-state index in [1.807, 2.05) is 6.92 Å². The normalized spacial score (nSPS) is 10.4. The van der Waals surface area contributed by atoms with E-state index in [1.54, 1.807) is 18.2 Å². The van der Waals surface area contributed by atoms with Gasteiger partial charge in [-0.05, 0) is 47.6 Å². The molecule has 1 aromatic heterocycles. The smallest absolute Gasteiger partial charge is 0.408 e. The van der Waals surface area contributed by atoms with E-state index in [1.165, 1.54) is 6.20 Å². The fourth-order valence-electron chi connectivity index (χ4n) is 1.03. The monoisotopic (exact) mass is 476 g/mol. The van der Waals surface area contributed by atoms with Crippen molar-refractivity contribution in [2.75, 3.05) is 6.54 Å². The maximum absolute atomic E-state index is 10.9. The quantitative estimate of drug-likeness (QED) is 0.167. The van der Waals surface area contributed by atoms with Crippen molar-refractivity contribution in [3.8, 4) is 0 Å². The molecule has 116 valence electrons. The maximum atomic E-state index is 10.9. The van der Waals surface area contributed by atoms with Gasteiger partial charge in [-0.25, -0.2) is 4.79 Å². The third-order valence-corrected chi connectivity index (χ3v) is 3.62. The van der Waals surface area contributed by atoms with Crippen LogP contribution in [0, 0.1) is 4.64 Å². The molecule has 0 saturated heterocycles. The van der Waals surface area contributed by atoms with Crippen LogP contribution >= 0.6 is 34.8 Å². The summed E-state index contributed by atoms with van der Waals surface area (Å²) < 4.78 is 6.29. The third kappa shape index (κ3) is 13.2. The third-order valence-electron chi connectivity index (χ3n) is 2.16. The molecule has 1 heterocycles. The Morgan fingerprint density at radius 1 is 1.52 bits per heavy atom. The number of unbranched alkanes of at least 4 members (excludes halogenated alkanes) is 1. The summed E-state index contributed by atoms with van der Waals surface area (Å²) in [5.41, 5.74) is 0. The van der Waals surface area contributed by atoms with Gasteiger partial charge >= 0.3 is 6.09 Å². The number of nitrogens with one attached hydrogen (secondary N) is 1. The zero-order valence-electron chi connectivity index (χ0n) is 12.4. The first-order valence-corrected chi connectivity index (χ1v) is 8.12. The van der Waals surface area contributed by atoms with E-state index in [9.17, 15) is 4.79 Å². The molecule has 0 bridgehead atoms. The number of carbonyl (C=O) groups is 1. The van der Waals surface area contributed by atoms with Crippen LogP contribution in [-0.2, 0) is 24.2 Å². The van der Waals surface area contributed by atoms with Crippen molar-refractivity contribution >= 4 is 40.9 Å². The number of halogens is 1. The van der Waals surface area contributed by atoms with Gasteiger partial charge in [0.15, 0.2) is 4.11 Å². The summed E-state index contributed by atoms with van der Waals surface area (Å²) in [6.07, 6.45) is 4.13. The first-order chi connectivity index (χ1) is 9.51. The second-order valence-electron chi connectivity index (χ2n) is 3.89. The van der Waals surface area contributed by atoms with Gasteiger partial charge in [-0.3, -0.25) is 0 Å². The predicted molar refractivity (Wildman–Crippen MR) is 89.9 cm³/mol. The molecule has 21 heavy (non-hydrogen) atoms. The largest absolute Gasteiger partial charge is 0.436 e. The van der Waals surface area contributed by atoms with Crippen LogP contribution in [0.4, 0.5) is 4.79 Å². The van der Waals surface area contributed by atoms with Crippen LogP contribution in [0.1, 0.15) is 33.1 Å². The van der Waals surface area contributed by atoms with Gasteiger partial charge < -0.3 is 15.3 Å². The Hall–Kier alpha value is -0.207. The summed E-state index contributed by atoms with van der Waals surface area (Å²) in [6, 6.07) is 5.13. The molecule has 0 spiro atoms. The number of hydrogen-bond acceptors (Lipinski definition) is 4. The standard InChI is InChI=1S/C8H16INO2.C5H5NOS.Zn/c1-3-5-6-10-8(11)12-7(9)4-2;7-6-4-2-1-3-5(6)8;/h7H,3-6H2,1-2H3,(H,10,11);1-4,7H;. The number of ether oxygens (including phenoxy) is 1. The Labute approximate surface area is 157 Å². The van der Waals surface area contributed by atoms with Crippen LogP contribution in [0.3, 0.4) is 0 Å². The minimum Gasteiger partial charge on any atom is -0.436 e. The zero-order chi connectivity index (χ0) is 15.4. The molecule has 0 aliphatic heterocycles. The van der Waals surface area contributed by atoms with Crippen LogP contribution in [-0.4, -0.2) is 26.7 Å². The number of rotatable bonds is 5. The van der Waals surface area contributed by atoms with E-state index >= 15 is 0 Å².